The maximum atomic E-state index is 2.81. The number of unbranched alkanes of at least 4 members (excludes halogenated alkanes) is 40. The lowest BCUT2D eigenvalue weighted by Gasteiger charge is -2.33. The van der Waals surface area contributed by atoms with Crippen LogP contribution in [0.2, 0.25) is 49.4 Å². The molecule has 2 atom stereocenters. The van der Waals surface area contributed by atoms with E-state index in [0.717, 1.165) is 11.1 Å². The van der Waals surface area contributed by atoms with E-state index in [1.165, 1.54) is 289 Å². The van der Waals surface area contributed by atoms with Crippen molar-refractivity contribution in [2.75, 3.05) is 0 Å². The van der Waals surface area contributed by atoms with E-state index in [2.05, 4.69) is 53.9 Å². The molecule has 0 N–H and O–H groups in total. The second-order valence-electron chi connectivity index (χ2n) is 23.5. The van der Waals surface area contributed by atoms with Crippen LogP contribution in [-0.2, 0) is 0 Å². The molecule has 0 heterocycles. The lowest BCUT2D eigenvalue weighted by molar-refractivity contribution is 0.504. The molecule has 0 aliphatic rings. The minimum Gasteiger partial charge on any atom is -0.0691 e. The summed E-state index contributed by atoms with van der Waals surface area (Å²) in [6.07, 6.45) is 72.9. The summed E-state index contributed by atoms with van der Waals surface area (Å²) >= 11 is 0. The Balaban J connectivity index is 4.69. The van der Waals surface area contributed by atoms with E-state index < -0.39 is 16.1 Å². The molecule has 380 valence electrons. The van der Waals surface area contributed by atoms with Crippen molar-refractivity contribution >= 4 is 16.1 Å². The predicted octanol–water partition coefficient (Wildman–Crippen LogP) is 24.3. The lowest BCUT2D eigenvalue weighted by atomic mass is 10.0. The maximum absolute atomic E-state index is 2.81. The summed E-state index contributed by atoms with van der Waals surface area (Å²) in [5.41, 5.74) is 2.16. The molecule has 63 heavy (non-hydrogen) atoms. The van der Waals surface area contributed by atoms with Crippen LogP contribution in [0, 0.1) is 0 Å². The van der Waals surface area contributed by atoms with Crippen molar-refractivity contribution in [2.24, 2.45) is 0 Å². The molecule has 0 bridgehead atoms. The normalized spacial score (nSPS) is 13.3. The first kappa shape index (κ1) is 63.4. The molecular formula is C61H128Si2. The van der Waals surface area contributed by atoms with Crippen LogP contribution in [0.15, 0.2) is 0 Å². The zero-order chi connectivity index (χ0) is 46.2. The molecule has 0 aliphatic heterocycles. The van der Waals surface area contributed by atoms with Crippen molar-refractivity contribution in [1.82, 2.24) is 0 Å². The monoisotopic (exact) mass is 917 g/mol. The van der Waals surface area contributed by atoms with Gasteiger partial charge in [0.1, 0.15) is 0 Å². The summed E-state index contributed by atoms with van der Waals surface area (Å²) in [5, 5.41) is 0. The van der Waals surface area contributed by atoms with Crippen LogP contribution in [0.3, 0.4) is 0 Å². The van der Waals surface area contributed by atoms with E-state index in [1.54, 1.807) is 37.8 Å². The van der Waals surface area contributed by atoms with Crippen LogP contribution in [0.5, 0.6) is 0 Å². The van der Waals surface area contributed by atoms with E-state index in [-0.39, 0.29) is 0 Å². The Hall–Kier alpha value is 0.434. The fourth-order valence-corrected chi connectivity index (χ4v) is 18.5. The van der Waals surface area contributed by atoms with Gasteiger partial charge >= 0.3 is 0 Å². The summed E-state index contributed by atoms with van der Waals surface area (Å²) in [4.78, 5) is 0. The van der Waals surface area contributed by atoms with Crippen LogP contribution in [0.25, 0.3) is 0 Å². The van der Waals surface area contributed by atoms with Gasteiger partial charge in [0.2, 0.25) is 0 Å². The van der Waals surface area contributed by atoms with E-state index >= 15 is 0 Å². The molecule has 0 amide bonds. The molecule has 0 aromatic carbocycles. The Kier molecular flexibility index (Phi) is 49.2. The van der Waals surface area contributed by atoms with Crippen molar-refractivity contribution in [1.29, 1.82) is 0 Å². The van der Waals surface area contributed by atoms with Crippen molar-refractivity contribution in [2.45, 2.75) is 392 Å². The molecule has 0 fully saturated rings. The minimum absolute atomic E-state index is 1.08. The zero-order valence-electron chi connectivity index (χ0n) is 46.2. The summed E-state index contributed by atoms with van der Waals surface area (Å²) < 4.78 is 0. The highest BCUT2D eigenvalue weighted by Crippen LogP contribution is 2.39. The van der Waals surface area contributed by atoms with Crippen molar-refractivity contribution in [3.05, 3.63) is 0 Å². The molecule has 0 aromatic rings. The van der Waals surface area contributed by atoms with Crippen LogP contribution >= 0.6 is 0 Å². The molecule has 0 spiro atoms. The first-order valence-electron chi connectivity index (χ1n) is 30.7. The predicted molar refractivity (Wildman–Crippen MR) is 301 cm³/mol. The molecule has 0 aromatic heterocycles. The molecule has 0 rings (SSSR count). The smallest absolute Gasteiger partial charge is 0.0504 e. The Morgan fingerprint density at radius 3 is 0.508 bits per heavy atom. The standard InChI is InChI=1S/C61H128Si2/c1-9-13-17-21-25-28-31-34-40-46-52-58-62(5,6)60(54-48-42-24-20-16-12-4)56-50-44-38-36-39-45-51-57-61(55-49-43-37-33-30-27-23-19-15-11-3)63(7,8)59-53-47-41-35-32-29-26-22-18-14-10-2/h60-61H,9-59H2,1-8H3. The second-order valence-corrected chi connectivity index (χ2v) is 34.1. The van der Waals surface area contributed by atoms with Gasteiger partial charge in [-0.3, -0.25) is 0 Å². The topological polar surface area (TPSA) is 0 Å². The Morgan fingerprint density at radius 2 is 0.333 bits per heavy atom. The maximum Gasteiger partial charge on any atom is 0.0504 e. The van der Waals surface area contributed by atoms with E-state index in [4.69, 9.17) is 0 Å². The van der Waals surface area contributed by atoms with Crippen molar-refractivity contribution in [3.63, 3.8) is 0 Å². The summed E-state index contributed by atoms with van der Waals surface area (Å²) in [6.45, 7) is 20.6. The first-order valence-corrected chi connectivity index (χ1v) is 37.3. The largest absolute Gasteiger partial charge is 0.0691 e. The average Bonchev–Trinajstić information content (AvgIpc) is 3.26. The van der Waals surface area contributed by atoms with Gasteiger partial charge in [-0.25, -0.2) is 0 Å². The van der Waals surface area contributed by atoms with Crippen molar-refractivity contribution in [3.8, 4) is 0 Å². The zero-order valence-corrected chi connectivity index (χ0v) is 48.2. The lowest BCUT2D eigenvalue weighted by Crippen LogP contribution is -2.32. The molecule has 0 nitrogen and oxygen atoms in total. The van der Waals surface area contributed by atoms with Gasteiger partial charge < -0.3 is 0 Å². The first-order chi connectivity index (χ1) is 30.7. The van der Waals surface area contributed by atoms with Gasteiger partial charge in [0.15, 0.2) is 0 Å². The molecule has 2 heteroatoms. The van der Waals surface area contributed by atoms with Gasteiger partial charge in [0, 0.05) is 0 Å². The van der Waals surface area contributed by atoms with Crippen LogP contribution in [-0.4, -0.2) is 16.1 Å². The van der Waals surface area contributed by atoms with Crippen molar-refractivity contribution < 1.29 is 0 Å². The van der Waals surface area contributed by atoms with Gasteiger partial charge in [-0.1, -0.05) is 381 Å². The number of hydrogen-bond acceptors (Lipinski definition) is 0. The third-order valence-corrected chi connectivity index (χ3v) is 25.3. The van der Waals surface area contributed by atoms with Gasteiger partial charge in [-0.15, -0.1) is 0 Å². The molecule has 2 unspecified atom stereocenters. The molecular weight excluding hydrogens is 789 g/mol. The van der Waals surface area contributed by atoms with Gasteiger partial charge in [-0.05, 0) is 11.1 Å². The van der Waals surface area contributed by atoms with Gasteiger partial charge in [0.25, 0.3) is 0 Å². The molecule has 0 saturated heterocycles. The third-order valence-electron chi connectivity index (χ3n) is 16.5. The molecule has 0 radical (unpaired) electrons. The Morgan fingerprint density at radius 1 is 0.190 bits per heavy atom. The van der Waals surface area contributed by atoms with Gasteiger partial charge in [-0.2, -0.15) is 0 Å². The fraction of sp³-hybridized carbons (Fsp3) is 1.00. The minimum atomic E-state index is -1.17. The highest BCUT2D eigenvalue weighted by molar-refractivity contribution is 6.79. The number of rotatable bonds is 54. The van der Waals surface area contributed by atoms with Crippen LogP contribution in [0.4, 0.5) is 0 Å². The van der Waals surface area contributed by atoms with E-state index in [0.29, 0.717) is 0 Å². The Bertz CT molecular complexity index is 848. The Labute approximate surface area is 405 Å². The molecule has 0 saturated carbocycles. The SMILES string of the molecule is CCCCCCCCCCCCC[Si](C)(C)C(CCCCCCCC)CCCCCCCCCC(CCCCCCCCCCCC)[Si](C)(C)CCCCCCCCCCCCC. The summed E-state index contributed by atoms with van der Waals surface area (Å²) in [5.74, 6) is 0. The summed E-state index contributed by atoms with van der Waals surface area (Å²) in [7, 11) is -2.33. The summed E-state index contributed by atoms with van der Waals surface area (Å²) in [6, 6.07) is 3.20. The third kappa shape index (κ3) is 43.5. The molecule has 0 aliphatic carbocycles. The quantitative estimate of drug-likeness (QED) is 0.0421. The van der Waals surface area contributed by atoms with Crippen LogP contribution < -0.4 is 0 Å². The highest BCUT2D eigenvalue weighted by Gasteiger charge is 2.31. The number of hydrogen-bond donors (Lipinski definition) is 0. The van der Waals surface area contributed by atoms with Crippen LogP contribution in [0.1, 0.15) is 342 Å². The highest BCUT2D eigenvalue weighted by atomic mass is 28.3. The average molecular weight is 918 g/mol. The van der Waals surface area contributed by atoms with Gasteiger partial charge in [0.05, 0.1) is 16.1 Å². The van der Waals surface area contributed by atoms with E-state index in [1.807, 2.05) is 0 Å². The fourth-order valence-electron chi connectivity index (χ4n) is 11.5. The second kappa shape index (κ2) is 48.9. The van der Waals surface area contributed by atoms with E-state index in [9.17, 15) is 0 Å².